The van der Waals surface area contributed by atoms with Crippen molar-refractivity contribution >= 4 is 15.7 Å². The van der Waals surface area contributed by atoms with Crippen molar-refractivity contribution in [2.24, 2.45) is 5.73 Å². The number of carbonyl (C=O) groups excluding carboxylic acids is 1. The molecule has 1 unspecified atom stereocenters. The van der Waals surface area contributed by atoms with E-state index in [9.17, 15) is 13.2 Å². The zero-order valence-corrected chi connectivity index (χ0v) is 10.2. The topological polar surface area (TPSA) is 98.5 Å². The van der Waals surface area contributed by atoms with Crippen molar-refractivity contribution in [1.29, 1.82) is 0 Å². The number of nitrogens with one attached hydrogen (secondary N) is 1. The summed E-state index contributed by atoms with van der Waals surface area (Å²) in [5.41, 5.74) is 4.18. The highest BCUT2D eigenvalue weighted by molar-refractivity contribution is 7.91. The number of sulfone groups is 1. The van der Waals surface area contributed by atoms with Crippen LogP contribution in [0.5, 0.6) is 0 Å². The number of amides is 1. The average molecular weight is 250 g/mol. The summed E-state index contributed by atoms with van der Waals surface area (Å²) in [6, 6.07) is 0. The number of nitrogens with two attached hydrogens (primary N) is 1. The van der Waals surface area contributed by atoms with E-state index < -0.39 is 21.3 Å². The Bertz CT molecular complexity index is 355. The summed E-state index contributed by atoms with van der Waals surface area (Å²) in [4.78, 5) is 11.4. The molecule has 1 fully saturated rings. The fourth-order valence-electron chi connectivity index (χ4n) is 1.93. The van der Waals surface area contributed by atoms with Crippen LogP contribution >= 0.6 is 0 Å². The van der Waals surface area contributed by atoms with E-state index in [0.29, 0.717) is 26.0 Å². The van der Waals surface area contributed by atoms with Crippen LogP contribution in [0.15, 0.2) is 0 Å². The maximum Gasteiger partial charge on any atom is 0.238 e. The van der Waals surface area contributed by atoms with Gasteiger partial charge in [-0.05, 0) is 12.8 Å². The highest BCUT2D eigenvalue weighted by atomic mass is 32.2. The second-order valence-electron chi connectivity index (χ2n) is 4.06. The van der Waals surface area contributed by atoms with Gasteiger partial charge in [0.25, 0.3) is 0 Å². The second-order valence-corrected chi connectivity index (χ2v) is 6.25. The molecule has 1 heterocycles. The molecule has 1 aliphatic heterocycles. The molecule has 0 aromatic carbocycles. The Morgan fingerprint density at radius 2 is 2.25 bits per heavy atom. The van der Waals surface area contributed by atoms with Crippen LogP contribution in [0.25, 0.3) is 0 Å². The van der Waals surface area contributed by atoms with E-state index in [2.05, 4.69) is 5.32 Å². The van der Waals surface area contributed by atoms with Gasteiger partial charge in [0.1, 0.15) is 5.54 Å². The second kappa shape index (κ2) is 5.11. The minimum absolute atomic E-state index is 0.133. The third kappa shape index (κ3) is 3.16. The van der Waals surface area contributed by atoms with Gasteiger partial charge in [0.2, 0.25) is 5.91 Å². The molecule has 16 heavy (non-hydrogen) atoms. The summed E-state index contributed by atoms with van der Waals surface area (Å²) in [6.45, 7) is 0.823. The van der Waals surface area contributed by atoms with Gasteiger partial charge >= 0.3 is 0 Å². The molecule has 0 bridgehead atoms. The van der Waals surface area contributed by atoms with Crippen LogP contribution in [0.2, 0.25) is 0 Å². The Kier molecular flexibility index (Phi) is 4.28. The van der Waals surface area contributed by atoms with Gasteiger partial charge in [-0.2, -0.15) is 0 Å². The molecule has 0 spiro atoms. The maximum absolute atomic E-state index is 11.5. The van der Waals surface area contributed by atoms with Crippen molar-refractivity contribution in [2.75, 3.05) is 31.8 Å². The monoisotopic (exact) mass is 250 g/mol. The first kappa shape index (κ1) is 13.4. The van der Waals surface area contributed by atoms with Gasteiger partial charge in [-0.15, -0.1) is 0 Å². The molecule has 94 valence electrons. The Labute approximate surface area is 95.4 Å². The number of primary amides is 1. The van der Waals surface area contributed by atoms with Gasteiger partial charge < -0.3 is 15.8 Å². The third-order valence-corrected chi connectivity index (χ3v) is 4.61. The quantitative estimate of drug-likeness (QED) is 0.588. The minimum atomic E-state index is -3.18. The highest BCUT2D eigenvalue weighted by Gasteiger charge is 2.43. The standard InChI is InChI=1S/C9H18N2O4S/c1-15-5-4-11-9(8(10)12)3-2-6-16(13,14)7-9/h11H,2-7H2,1H3,(H2,10,12). The van der Waals surface area contributed by atoms with Crippen molar-refractivity contribution in [2.45, 2.75) is 18.4 Å². The number of carbonyl (C=O) groups is 1. The molecule has 7 heteroatoms. The molecular formula is C9H18N2O4S. The van der Waals surface area contributed by atoms with Crippen LogP contribution in [0, 0.1) is 0 Å². The van der Waals surface area contributed by atoms with Gasteiger partial charge in [-0.1, -0.05) is 0 Å². The molecular weight excluding hydrogens is 232 g/mol. The molecule has 0 radical (unpaired) electrons. The number of hydrogen-bond acceptors (Lipinski definition) is 5. The smallest absolute Gasteiger partial charge is 0.238 e. The van der Waals surface area contributed by atoms with Crippen molar-refractivity contribution < 1.29 is 17.9 Å². The molecule has 0 aromatic heterocycles. The summed E-state index contributed by atoms with van der Waals surface area (Å²) < 4.78 is 27.9. The van der Waals surface area contributed by atoms with Crippen LogP contribution in [0.4, 0.5) is 0 Å². The lowest BCUT2D eigenvalue weighted by molar-refractivity contribution is -0.124. The summed E-state index contributed by atoms with van der Waals surface area (Å²) in [5, 5.41) is 2.91. The maximum atomic E-state index is 11.5. The lowest BCUT2D eigenvalue weighted by Gasteiger charge is -2.34. The zero-order valence-electron chi connectivity index (χ0n) is 9.36. The molecule has 1 atom stereocenters. The Balaban J connectivity index is 2.76. The fraction of sp³-hybridized carbons (Fsp3) is 0.889. The van der Waals surface area contributed by atoms with Crippen molar-refractivity contribution in [3.05, 3.63) is 0 Å². The van der Waals surface area contributed by atoms with Gasteiger partial charge in [0.15, 0.2) is 9.84 Å². The van der Waals surface area contributed by atoms with Crippen LogP contribution < -0.4 is 11.1 Å². The molecule has 3 N–H and O–H groups in total. The summed E-state index contributed by atoms with van der Waals surface area (Å²) in [6.07, 6.45) is 0.927. The summed E-state index contributed by atoms with van der Waals surface area (Å²) in [7, 11) is -1.64. The highest BCUT2D eigenvalue weighted by Crippen LogP contribution is 2.22. The molecule has 0 aromatic rings. The van der Waals surface area contributed by atoms with E-state index in [4.69, 9.17) is 10.5 Å². The van der Waals surface area contributed by atoms with E-state index >= 15 is 0 Å². The van der Waals surface area contributed by atoms with Crippen LogP contribution in [-0.2, 0) is 19.4 Å². The van der Waals surface area contributed by atoms with E-state index in [1.807, 2.05) is 0 Å². The largest absolute Gasteiger partial charge is 0.383 e. The van der Waals surface area contributed by atoms with Gasteiger partial charge in [-0.3, -0.25) is 4.79 Å². The van der Waals surface area contributed by atoms with Gasteiger partial charge in [-0.25, -0.2) is 8.42 Å². The van der Waals surface area contributed by atoms with Crippen LogP contribution in [0.3, 0.4) is 0 Å². The number of hydrogen-bond donors (Lipinski definition) is 2. The lowest BCUT2D eigenvalue weighted by Crippen LogP contribution is -2.62. The predicted molar refractivity (Wildman–Crippen MR) is 59.7 cm³/mol. The molecule has 0 aliphatic carbocycles. The number of ether oxygens (including phenoxy) is 1. The SMILES string of the molecule is COCCNC1(C(N)=O)CCCS(=O)(=O)C1. The third-order valence-electron chi connectivity index (χ3n) is 2.77. The summed E-state index contributed by atoms with van der Waals surface area (Å²) >= 11 is 0. The Hall–Kier alpha value is -0.660. The van der Waals surface area contributed by atoms with Crippen molar-refractivity contribution in [3.63, 3.8) is 0 Å². The fourth-order valence-corrected chi connectivity index (χ4v) is 3.79. The Morgan fingerprint density at radius 3 is 2.75 bits per heavy atom. The first-order chi connectivity index (χ1) is 7.42. The van der Waals surface area contributed by atoms with E-state index in [-0.39, 0.29) is 11.5 Å². The number of rotatable bonds is 5. The van der Waals surface area contributed by atoms with E-state index in [1.54, 1.807) is 0 Å². The first-order valence-electron chi connectivity index (χ1n) is 5.16. The van der Waals surface area contributed by atoms with Crippen LogP contribution in [-0.4, -0.2) is 51.6 Å². The Morgan fingerprint density at radius 1 is 1.56 bits per heavy atom. The minimum Gasteiger partial charge on any atom is -0.383 e. The molecule has 1 saturated heterocycles. The molecule has 6 nitrogen and oxygen atoms in total. The summed E-state index contributed by atoms with van der Waals surface area (Å²) in [5.74, 6) is -0.681. The normalized spacial score (nSPS) is 28.8. The average Bonchev–Trinajstić information content (AvgIpc) is 2.16. The van der Waals surface area contributed by atoms with Crippen molar-refractivity contribution in [3.8, 4) is 0 Å². The van der Waals surface area contributed by atoms with Crippen LogP contribution in [0.1, 0.15) is 12.8 Å². The predicted octanol–water partition coefficient (Wildman–Crippen LogP) is -1.34. The number of methoxy groups -OCH3 is 1. The molecule has 1 aliphatic rings. The zero-order chi connectivity index (χ0) is 12.2. The lowest BCUT2D eigenvalue weighted by atomic mass is 9.94. The molecule has 1 amide bonds. The van der Waals surface area contributed by atoms with Gasteiger partial charge in [0, 0.05) is 13.7 Å². The first-order valence-corrected chi connectivity index (χ1v) is 6.98. The van der Waals surface area contributed by atoms with Gasteiger partial charge in [0.05, 0.1) is 18.1 Å². The van der Waals surface area contributed by atoms with E-state index in [0.717, 1.165) is 0 Å². The molecule has 0 saturated carbocycles. The van der Waals surface area contributed by atoms with Crippen molar-refractivity contribution in [1.82, 2.24) is 5.32 Å². The molecule has 1 rings (SSSR count). The van der Waals surface area contributed by atoms with E-state index in [1.165, 1.54) is 7.11 Å².